The van der Waals surface area contributed by atoms with Crippen LogP contribution in [0.15, 0.2) is 36.4 Å². The van der Waals surface area contributed by atoms with Crippen molar-refractivity contribution in [1.82, 2.24) is 9.80 Å². The van der Waals surface area contributed by atoms with Gasteiger partial charge in [-0.05, 0) is 42.8 Å². The molecule has 1 aliphatic heterocycles. The zero-order valence-corrected chi connectivity index (χ0v) is 17.1. The number of piperazine rings is 1. The molecular weight excluding hydrogens is 397 g/mol. The molecule has 1 heterocycles. The highest BCUT2D eigenvalue weighted by molar-refractivity contribution is 6.31. The van der Waals surface area contributed by atoms with Crippen LogP contribution in [-0.4, -0.2) is 61.4 Å². The quantitative estimate of drug-likeness (QED) is 0.808. The van der Waals surface area contributed by atoms with E-state index in [0.29, 0.717) is 53.8 Å². The molecule has 3 rings (SSSR count). The van der Waals surface area contributed by atoms with Crippen molar-refractivity contribution < 1.29 is 18.7 Å². The molecule has 2 aromatic rings. The van der Waals surface area contributed by atoms with Gasteiger partial charge in [0.15, 0.2) is 0 Å². The summed E-state index contributed by atoms with van der Waals surface area (Å²) in [5.74, 6) is -0.244. The summed E-state index contributed by atoms with van der Waals surface area (Å²) in [5.41, 5.74) is 1.38. The summed E-state index contributed by atoms with van der Waals surface area (Å²) in [6, 6.07) is 9.55. The van der Waals surface area contributed by atoms with Crippen molar-refractivity contribution in [3.8, 4) is 5.75 Å². The lowest BCUT2D eigenvalue weighted by atomic mass is 10.1. The van der Waals surface area contributed by atoms with E-state index in [1.807, 2.05) is 4.90 Å². The molecule has 6 nitrogen and oxygen atoms in total. The Labute approximate surface area is 174 Å². The third-order valence-electron chi connectivity index (χ3n) is 4.87. The number of anilines is 1. The van der Waals surface area contributed by atoms with Crippen LogP contribution in [0, 0.1) is 12.7 Å². The van der Waals surface area contributed by atoms with Gasteiger partial charge in [0.2, 0.25) is 5.91 Å². The monoisotopic (exact) mass is 419 g/mol. The number of halogens is 2. The number of carbonyl (C=O) groups excluding carboxylic acids is 2. The Morgan fingerprint density at radius 2 is 1.86 bits per heavy atom. The predicted molar refractivity (Wildman–Crippen MR) is 110 cm³/mol. The lowest BCUT2D eigenvalue weighted by Crippen LogP contribution is -2.50. The zero-order valence-electron chi connectivity index (χ0n) is 16.4. The summed E-state index contributed by atoms with van der Waals surface area (Å²) in [6.07, 6.45) is 0. The number of rotatable bonds is 5. The first-order valence-corrected chi connectivity index (χ1v) is 9.66. The van der Waals surface area contributed by atoms with Crippen LogP contribution >= 0.6 is 11.6 Å². The lowest BCUT2D eigenvalue weighted by molar-refractivity contribution is -0.117. The smallest absolute Gasteiger partial charge is 0.257 e. The van der Waals surface area contributed by atoms with Gasteiger partial charge >= 0.3 is 0 Å². The zero-order chi connectivity index (χ0) is 21.0. The van der Waals surface area contributed by atoms with Gasteiger partial charge in [0, 0.05) is 36.9 Å². The molecule has 154 valence electrons. The van der Waals surface area contributed by atoms with E-state index in [-0.39, 0.29) is 24.2 Å². The number of amides is 2. The average molecular weight is 420 g/mol. The van der Waals surface area contributed by atoms with Gasteiger partial charge < -0.3 is 15.0 Å². The number of methoxy groups -OCH3 is 1. The van der Waals surface area contributed by atoms with Crippen LogP contribution in [0.4, 0.5) is 10.1 Å². The van der Waals surface area contributed by atoms with Crippen molar-refractivity contribution in [2.45, 2.75) is 6.92 Å². The minimum atomic E-state index is -0.355. The molecule has 0 aliphatic carbocycles. The molecule has 1 aliphatic rings. The molecule has 29 heavy (non-hydrogen) atoms. The molecular formula is C21H23ClFN3O3. The molecule has 0 aromatic heterocycles. The van der Waals surface area contributed by atoms with Gasteiger partial charge in [0.1, 0.15) is 11.6 Å². The maximum absolute atomic E-state index is 13.6. The molecule has 0 unspecified atom stereocenters. The normalized spacial score (nSPS) is 14.6. The molecule has 1 fully saturated rings. The van der Waals surface area contributed by atoms with E-state index in [2.05, 4.69) is 5.32 Å². The minimum absolute atomic E-state index is 0.149. The molecule has 0 spiro atoms. The molecule has 0 atom stereocenters. The van der Waals surface area contributed by atoms with Gasteiger partial charge in [0.25, 0.3) is 5.91 Å². The summed E-state index contributed by atoms with van der Waals surface area (Å²) in [4.78, 5) is 28.7. The van der Waals surface area contributed by atoms with Crippen LogP contribution in [-0.2, 0) is 4.79 Å². The molecule has 1 N–H and O–H groups in total. The van der Waals surface area contributed by atoms with Gasteiger partial charge in [0.05, 0.1) is 19.2 Å². The van der Waals surface area contributed by atoms with Crippen LogP contribution in [0.2, 0.25) is 5.02 Å². The third kappa shape index (κ3) is 5.25. The van der Waals surface area contributed by atoms with Crippen molar-refractivity contribution in [3.63, 3.8) is 0 Å². The standard InChI is InChI=1S/C21H23ClFN3O3/c1-14-3-5-16(12-18(14)23)24-20(27)13-25-7-9-26(10-8-25)21(28)17-11-15(22)4-6-19(17)29-2/h3-6,11-12H,7-10,13H2,1-2H3,(H,24,27). The van der Waals surface area contributed by atoms with Crippen LogP contribution in [0.1, 0.15) is 15.9 Å². The number of carbonyl (C=O) groups is 2. The van der Waals surface area contributed by atoms with Gasteiger partial charge in [-0.2, -0.15) is 0 Å². The van der Waals surface area contributed by atoms with Crippen molar-refractivity contribution >= 4 is 29.1 Å². The summed E-state index contributed by atoms with van der Waals surface area (Å²) in [7, 11) is 1.51. The van der Waals surface area contributed by atoms with E-state index in [1.54, 1.807) is 42.2 Å². The highest BCUT2D eigenvalue weighted by atomic mass is 35.5. The number of aryl methyl sites for hydroxylation is 1. The van der Waals surface area contributed by atoms with Gasteiger partial charge in [-0.15, -0.1) is 0 Å². The van der Waals surface area contributed by atoms with Gasteiger partial charge in [-0.3, -0.25) is 14.5 Å². The molecule has 2 aromatic carbocycles. The molecule has 8 heteroatoms. The van der Waals surface area contributed by atoms with Crippen LogP contribution in [0.5, 0.6) is 5.75 Å². The maximum atomic E-state index is 13.6. The molecule has 2 amide bonds. The first-order valence-electron chi connectivity index (χ1n) is 9.28. The number of hydrogen-bond acceptors (Lipinski definition) is 4. The molecule has 0 saturated carbocycles. The Morgan fingerprint density at radius 3 is 2.52 bits per heavy atom. The fraction of sp³-hybridized carbons (Fsp3) is 0.333. The first-order chi connectivity index (χ1) is 13.9. The Balaban J connectivity index is 1.53. The maximum Gasteiger partial charge on any atom is 0.257 e. The minimum Gasteiger partial charge on any atom is -0.496 e. The lowest BCUT2D eigenvalue weighted by Gasteiger charge is -2.34. The Hall–Kier alpha value is -2.64. The van der Waals surface area contributed by atoms with E-state index in [1.165, 1.54) is 13.2 Å². The van der Waals surface area contributed by atoms with E-state index in [4.69, 9.17) is 16.3 Å². The van der Waals surface area contributed by atoms with Crippen LogP contribution < -0.4 is 10.1 Å². The second-order valence-corrected chi connectivity index (χ2v) is 7.36. The van der Waals surface area contributed by atoms with Crippen LogP contribution in [0.25, 0.3) is 0 Å². The number of benzene rings is 2. The summed E-state index contributed by atoms with van der Waals surface area (Å²) < 4.78 is 18.9. The van der Waals surface area contributed by atoms with E-state index >= 15 is 0 Å². The Bertz CT molecular complexity index is 914. The van der Waals surface area contributed by atoms with E-state index in [0.717, 1.165) is 0 Å². The number of nitrogens with one attached hydrogen (secondary N) is 1. The van der Waals surface area contributed by atoms with Gasteiger partial charge in [-0.1, -0.05) is 17.7 Å². The second kappa shape index (κ2) is 9.24. The Kier molecular flexibility index (Phi) is 6.71. The fourth-order valence-electron chi connectivity index (χ4n) is 3.20. The van der Waals surface area contributed by atoms with Gasteiger partial charge in [-0.25, -0.2) is 4.39 Å². The third-order valence-corrected chi connectivity index (χ3v) is 5.11. The topological polar surface area (TPSA) is 61.9 Å². The summed E-state index contributed by atoms with van der Waals surface area (Å²) in [6.45, 7) is 3.94. The highest BCUT2D eigenvalue weighted by Gasteiger charge is 2.25. The SMILES string of the molecule is COc1ccc(Cl)cc1C(=O)N1CCN(CC(=O)Nc2ccc(C)c(F)c2)CC1. The molecule has 1 saturated heterocycles. The second-order valence-electron chi connectivity index (χ2n) is 6.93. The summed E-state index contributed by atoms with van der Waals surface area (Å²) >= 11 is 6.02. The Morgan fingerprint density at radius 1 is 1.14 bits per heavy atom. The van der Waals surface area contributed by atoms with E-state index < -0.39 is 0 Å². The van der Waals surface area contributed by atoms with E-state index in [9.17, 15) is 14.0 Å². The van der Waals surface area contributed by atoms with Crippen molar-refractivity contribution in [1.29, 1.82) is 0 Å². The predicted octanol–water partition coefficient (Wildman–Crippen LogP) is 3.19. The first kappa shape index (κ1) is 21.1. The number of hydrogen-bond donors (Lipinski definition) is 1. The number of ether oxygens (including phenoxy) is 1. The summed E-state index contributed by atoms with van der Waals surface area (Å²) in [5, 5.41) is 3.18. The van der Waals surface area contributed by atoms with Crippen molar-refractivity contribution in [2.75, 3.05) is 45.2 Å². The van der Waals surface area contributed by atoms with Crippen molar-refractivity contribution in [2.24, 2.45) is 0 Å². The highest BCUT2D eigenvalue weighted by Crippen LogP contribution is 2.24. The fourth-order valence-corrected chi connectivity index (χ4v) is 3.37. The molecule has 0 radical (unpaired) electrons. The van der Waals surface area contributed by atoms with Crippen molar-refractivity contribution in [3.05, 3.63) is 58.4 Å². The molecule has 0 bridgehead atoms. The average Bonchev–Trinajstić information content (AvgIpc) is 2.70. The largest absolute Gasteiger partial charge is 0.496 e. The number of nitrogens with zero attached hydrogens (tertiary/aromatic N) is 2. The van der Waals surface area contributed by atoms with Crippen LogP contribution in [0.3, 0.4) is 0 Å².